The SMILES string of the molecule is Cc1nnc(NC(=O)CSc2nnc(CNC(=O)COc3ccc(Cl)cc3)n2-c2ccc(Br)cc2)s1. The molecule has 0 aliphatic heterocycles. The normalized spacial score (nSPS) is 10.8. The molecule has 4 aromatic rings. The quantitative estimate of drug-likeness (QED) is 0.256. The molecule has 0 fully saturated rings. The van der Waals surface area contributed by atoms with Crippen molar-refractivity contribution in [1.82, 2.24) is 30.3 Å². The third kappa shape index (κ3) is 7.26. The number of ether oxygens (including phenoxy) is 1. The van der Waals surface area contributed by atoms with Crippen LogP contribution in [0.25, 0.3) is 5.69 Å². The van der Waals surface area contributed by atoms with E-state index in [0.29, 0.717) is 26.9 Å². The van der Waals surface area contributed by atoms with Gasteiger partial charge in [-0.05, 0) is 55.5 Å². The summed E-state index contributed by atoms with van der Waals surface area (Å²) in [6, 6.07) is 14.3. The second-order valence-corrected chi connectivity index (χ2v) is 10.7. The summed E-state index contributed by atoms with van der Waals surface area (Å²) in [7, 11) is 0. The van der Waals surface area contributed by atoms with E-state index in [0.717, 1.165) is 15.2 Å². The molecule has 36 heavy (non-hydrogen) atoms. The van der Waals surface area contributed by atoms with Gasteiger partial charge in [0.05, 0.1) is 12.3 Å². The lowest BCUT2D eigenvalue weighted by Crippen LogP contribution is -2.29. The highest BCUT2D eigenvalue weighted by Crippen LogP contribution is 2.24. The summed E-state index contributed by atoms with van der Waals surface area (Å²) in [6.45, 7) is 1.76. The van der Waals surface area contributed by atoms with Gasteiger partial charge in [-0.1, -0.05) is 50.6 Å². The molecule has 2 amide bonds. The molecule has 2 heterocycles. The first kappa shape index (κ1) is 26.1. The molecule has 0 unspecified atom stereocenters. The number of rotatable bonds is 10. The number of amides is 2. The Bertz CT molecular complexity index is 1350. The first-order chi connectivity index (χ1) is 17.4. The van der Waals surface area contributed by atoms with Gasteiger partial charge in [-0.2, -0.15) is 0 Å². The molecule has 10 nitrogen and oxygen atoms in total. The molecule has 0 aliphatic rings. The molecule has 2 N–H and O–H groups in total. The maximum Gasteiger partial charge on any atom is 0.258 e. The van der Waals surface area contributed by atoms with Crippen molar-refractivity contribution < 1.29 is 14.3 Å². The van der Waals surface area contributed by atoms with Crippen LogP contribution in [0.2, 0.25) is 5.02 Å². The Morgan fingerprint density at radius 2 is 1.81 bits per heavy atom. The van der Waals surface area contributed by atoms with E-state index in [9.17, 15) is 9.59 Å². The van der Waals surface area contributed by atoms with E-state index < -0.39 is 0 Å². The molecule has 0 saturated heterocycles. The molecule has 4 rings (SSSR count). The summed E-state index contributed by atoms with van der Waals surface area (Å²) in [5, 5.41) is 24.1. The van der Waals surface area contributed by atoms with Crippen molar-refractivity contribution in [2.24, 2.45) is 0 Å². The molecule has 2 aromatic heterocycles. The monoisotopic (exact) mass is 607 g/mol. The number of nitrogens with one attached hydrogen (secondary N) is 2. The fourth-order valence-corrected chi connectivity index (χ4v) is 4.67. The van der Waals surface area contributed by atoms with Crippen LogP contribution in [0, 0.1) is 6.92 Å². The number of aryl methyl sites for hydroxylation is 1. The summed E-state index contributed by atoms with van der Waals surface area (Å²) in [4.78, 5) is 24.7. The summed E-state index contributed by atoms with van der Waals surface area (Å²) >= 11 is 11.8. The molecule has 2 aromatic carbocycles. The van der Waals surface area contributed by atoms with Crippen LogP contribution in [0.1, 0.15) is 10.8 Å². The van der Waals surface area contributed by atoms with Crippen molar-refractivity contribution in [3.63, 3.8) is 0 Å². The van der Waals surface area contributed by atoms with Gasteiger partial charge in [0.1, 0.15) is 10.8 Å². The van der Waals surface area contributed by atoms with Crippen LogP contribution >= 0.6 is 50.6 Å². The average Bonchev–Trinajstić information content (AvgIpc) is 3.47. The molecule has 14 heteroatoms. The van der Waals surface area contributed by atoms with Gasteiger partial charge in [-0.15, -0.1) is 20.4 Å². The summed E-state index contributed by atoms with van der Waals surface area (Å²) in [6.07, 6.45) is 0. The van der Waals surface area contributed by atoms with Crippen molar-refractivity contribution in [3.05, 3.63) is 68.9 Å². The number of anilines is 1. The predicted octanol–water partition coefficient (Wildman–Crippen LogP) is 4.27. The van der Waals surface area contributed by atoms with E-state index in [4.69, 9.17) is 16.3 Å². The number of aromatic nitrogens is 5. The topological polar surface area (TPSA) is 124 Å². The highest BCUT2D eigenvalue weighted by Gasteiger charge is 2.17. The minimum atomic E-state index is -0.323. The van der Waals surface area contributed by atoms with Gasteiger partial charge < -0.3 is 10.1 Å². The summed E-state index contributed by atoms with van der Waals surface area (Å²) < 4.78 is 8.19. The number of hydrogen-bond donors (Lipinski definition) is 2. The zero-order valence-electron chi connectivity index (χ0n) is 18.8. The van der Waals surface area contributed by atoms with E-state index in [1.807, 2.05) is 31.2 Å². The van der Waals surface area contributed by atoms with E-state index in [-0.39, 0.29) is 30.7 Å². The van der Waals surface area contributed by atoms with Gasteiger partial charge in [0.15, 0.2) is 17.6 Å². The number of nitrogens with zero attached hydrogens (tertiary/aromatic N) is 5. The van der Waals surface area contributed by atoms with E-state index >= 15 is 0 Å². The van der Waals surface area contributed by atoms with Gasteiger partial charge in [0.25, 0.3) is 5.91 Å². The number of carbonyl (C=O) groups excluding carboxylic acids is 2. The minimum Gasteiger partial charge on any atom is -0.484 e. The van der Waals surface area contributed by atoms with E-state index in [1.165, 1.54) is 23.1 Å². The summed E-state index contributed by atoms with van der Waals surface area (Å²) in [5.41, 5.74) is 0.785. The van der Waals surface area contributed by atoms with Crippen LogP contribution in [0.3, 0.4) is 0 Å². The molecule has 0 spiro atoms. The smallest absolute Gasteiger partial charge is 0.258 e. The standard InChI is InChI=1S/C22H19BrClN7O3S2/c1-13-27-29-21(36-13)26-20(33)12-35-22-30-28-18(31(22)16-6-2-14(23)3-7-16)10-25-19(32)11-34-17-8-4-15(24)5-9-17/h2-9H,10-12H2,1H3,(H,25,32)(H,26,29,33). The fourth-order valence-electron chi connectivity index (χ4n) is 2.90. The number of carbonyl (C=O) groups is 2. The van der Waals surface area contributed by atoms with Gasteiger partial charge in [-0.3, -0.25) is 19.5 Å². The third-order valence-corrected chi connectivity index (χ3v) is 6.98. The number of halogens is 2. The van der Waals surface area contributed by atoms with Crippen molar-refractivity contribution in [3.8, 4) is 11.4 Å². The third-order valence-electron chi connectivity index (χ3n) is 4.52. The van der Waals surface area contributed by atoms with E-state index in [2.05, 4.69) is 47.0 Å². The zero-order chi connectivity index (χ0) is 25.5. The maximum absolute atomic E-state index is 12.4. The van der Waals surface area contributed by atoms with Gasteiger partial charge >= 0.3 is 0 Å². The molecule has 0 saturated carbocycles. The van der Waals surface area contributed by atoms with Crippen LogP contribution in [0.4, 0.5) is 5.13 Å². The maximum atomic E-state index is 12.4. The molecule has 0 aliphatic carbocycles. The minimum absolute atomic E-state index is 0.0918. The Labute approximate surface area is 227 Å². The number of hydrogen-bond acceptors (Lipinski definition) is 9. The van der Waals surface area contributed by atoms with Crippen LogP contribution in [0.5, 0.6) is 5.75 Å². The number of thioether (sulfide) groups is 1. The first-order valence-electron chi connectivity index (χ1n) is 10.5. The van der Waals surface area contributed by atoms with Crippen molar-refractivity contribution in [1.29, 1.82) is 0 Å². The predicted molar refractivity (Wildman–Crippen MR) is 142 cm³/mol. The summed E-state index contributed by atoms with van der Waals surface area (Å²) in [5.74, 6) is 0.564. The zero-order valence-corrected chi connectivity index (χ0v) is 22.7. The van der Waals surface area contributed by atoms with Crippen molar-refractivity contribution in [2.45, 2.75) is 18.6 Å². The second kappa shape index (κ2) is 12.3. The lowest BCUT2D eigenvalue weighted by Gasteiger charge is -2.11. The van der Waals surface area contributed by atoms with Crippen LogP contribution in [-0.4, -0.2) is 49.1 Å². The Hall–Kier alpha value is -3.00. The van der Waals surface area contributed by atoms with Crippen LogP contribution < -0.4 is 15.4 Å². The highest BCUT2D eigenvalue weighted by molar-refractivity contribution is 9.10. The largest absolute Gasteiger partial charge is 0.484 e. The highest BCUT2D eigenvalue weighted by atomic mass is 79.9. The fraction of sp³-hybridized carbons (Fsp3) is 0.182. The van der Waals surface area contributed by atoms with E-state index in [1.54, 1.807) is 28.8 Å². The Morgan fingerprint density at radius 1 is 1.06 bits per heavy atom. The molecular formula is C22H19BrClN7O3S2. The van der Waals surface area contributed by atoms with Gasteiger partial charge in [-0.25, -0.2) is 0 Å². The lowest BCUT2D eigenvalue weighted by atomic mass is 10.3. The molecule has 186 valence electrons. The van der Waals surface area contributed by atoms with Crippen molar-refractivity contribution in [2.75, 3.05) is 17.7 Å². The average molecular weight is 609 g/mol. The Balaban J connectivity index is 1.41. The molecule has 0 radical (unpaired) electrons. The molecule has 0 atom stereocenters. The van der Waals surface area contributed by atoms with Crippen molar-refractivity contribution >= 4 is 67.6 Å². The van der Waals surface area contributed by atoms with Gasteiger partial charge in [0, 0.05) is 15.2 Å². The first-order valence-corrected chi connectivity index (χ1v) is 13.4. The Morgan fingerprint density at radius 3 is 2.50 bits per heavy atom. The molecule has 0 bridgehead atoms. The number of benzene rings is 2. The van der Waals surface area contributed by atoms with Crippen LogP contribution in [-0.2, 0) is 16.1 Å². The van der Waals surface area contributed by atoms with Gasteiger partial charge in [0.2, 0.25) is 11.0 Å². The molecular weight excluding hydrogens is 590 g/mol. The van der Waals surface area contributed by atoms with Crippen LogP contribution in [0.15, 0.2) is 58.2 Å². The Kier molecular flexibility index (Phi) is 8.91. The lowest BCUT2D eigenvalue weighted by molar-refractivity contribution is -0.123. The second-order valence-electron chi connectivity index (χ2n) is 7.19.